The van der Waals surface area contributed by atoms with Crippen LogP contribution in [-0.2, 0) is 9.53 Å². The highest BCUT2D eigenvalue weighted by Gasteiger charge is 2.16. The Morgan fingerprint density at radius 3 is 2.64 bits per heavy atom. The van der Waals surface area contributed by atoms with Gasteiger partial charge in [0.2, 0.25) is 0 Å². The van der Waals surface area contributed by atoms with E-state index >= 15 is 0 Å². The second-order valence-electron chi connectivity index (χ2n) is 1.93. The first-order chi connectivity index (χ1) is 5.07. The van der Waals surface area contributed by atoms with Crippen LogP contribution >= 0.6 is 54.5 Å². The van der Waals surface area contributed by atoms with Crippen molar-refractivity contribution in [2.45, 2.75) is 22.3 Å². The van der Waals surface area contributed by atoms with Gasteiger partial charge in [-0.3, -0.25) is 4.79 Å². The quantitative estimate of drug-likeness (QED) is 0.413. The van der Waals surface area contributed by atoms with Gasteiger partial charge in [-0.2, -0.15) is 0 Å². The summed E-state index contributed by atoms with van der Waals surface area (Å²) in [7, 11) is 0. The number of halogens is 3. The minimum Gasteiger partial charge on any atom is -0.451 e. The first-order valence-electron chi connectivity index (χ1n) is 3.12. The highest BCUT2D eigenvalue weighted by atomic mass is 127. The average Bonchev–Trinajstić information content (AvgIpc) is 1.86. The Kier molecular flexibility index (Phi) is 7.35. The second kappa shape index (κ2) is 6.65. The molecule has 2 atom stereocenters. The Morgan fingerprint density at radius 2 is 2.27 bits per heavy atom. The van der Waals surface area contributed by atoms with Crippen LogP contribution in [0.15, 0.2) is 0 Å². The molecule has 0 aliphatic rings. The molecule has 0 fully saturated rings. The van der Waals surface area contributed by atoms with E-state index in [1.807, 2.05) is 29.5 Å². The molecular weight excluding hydrogens is 391 g/mol. The number of rotatable bonds is 4. The largest absolute Gasteiger partial charge is 0.451 e. The van der Waals surface area contributed by atoms with Gasteiger partial charge in [0.1, 0.15) is 8.94 Å². The van der Waals surface area contributed by atoms with Gasteiger partial charge in [-0.25, -0.2) is 0 Å². The fraction of sp³-hybridized carbons (Fsp3) is 0.833. The molecule has 0 aromatic heterocycles. The van der Waals surface area contributed by atoms with E-state index in [-0.39, 0.29) is 14.9 Å². The van der Waals surface area contributed by atoms with Crippen LogP contribution in [0.4, 0.5) is 0 Å². The van der Waals surface area contributed by atoms with Crippen LogP contribution in [0.5, 0.6) is 0 Å². The van der Waals surface area contributed by atoms with Crippen LogP contribution in [0.3, 0.4) is 0 Å². The van der Waals surface area contributed by atoms with E-state index in [2.05, 4.69) is 31.9 Å². The highest BCUT2D eigenvalue weighted by Crippen LogP contribution is 2.12. The number of hydrogen-bond donors (Lipinski definition) is 0. The van der Waals surface area contributed by atoms with Gasteiger partial charge in [-0.1, -0.05) is 31.9 Å². The monoisotopic (exact) mass is 398 g/mol. The second-order valence-corrected chi connectivity index (χ2v) is 5.58. The van der Waals surface area contributed by atoms with Crippen molar-refractivity contribution in [1.29, 1.82) is 0 Å². The molecule has 66 valence electrons. The van der Waals surface area contributed by atoms with Crippen molar-refractivity contribution in [3.63, 3.8) is 0 Å². The topological polar surface area (TPSA) is 26.3 Å². The SMILES string of the molecule is CC(I)OC(=O)C(Br)CCBr. The number of esters is 1. The Morgan fingerprint density at radius 1 is 1.73 bits per heavy atom. The lowest BCUT2D eigenvalue weighted by Crippen LogP contribution is -2.20. The van der Waals surface area contributed by atoms with Crippen molar-refractivity contribution >= 4 is 60.4 Å². The summed E-state index contributed by atoms with van der Waals surface area (Å²) < 4.78 is 4.88. The molecule has 2 unspecified atom stereocenters. The lowest BCUT2D eigenvalue weighted by molar-refractivity contribution is -0.143. The van der Waals surface area contributed by atoms with Crippen molar-refractivity contribution in [3.8, 4) is 0 Å². The van der Waals surface area contributed by atoms with E-state index in [4.69, 9.17) is 4.74 Å². The van der Waals surface area contributed by atoms with Crippen LogP contribution in [0.25, 0.3) is 0 Å². The van der Waals surface area contributed by atoms with E-state index in [0.29, 0.717) is 0 Å². The molecule has 0 spiro atoms. The Labute approximate surface area is 96.8 Å². The zero-order valence-corrected chi connectivity index (χ0v) is 11.3. The Bertz CT molecular complexity index is 130. The maximum absolute atomic E-state index is 11.0. The summed E-state index contributed by atoms with van der Waals surface area (Å²) >= 11 is 8.51. The van der Waals surface area contributed by atoms with Gasteiger partial charge in [0.25, 0.3) is 0 Å². The summed E-state index contributed by atoms with van der Waals surface area (Å²) in [6.45, 7) is 1.83. The van der Waals surface area contributed by atoms with Crippen LogP contribution in [0.2, 0.25) is 0 Å². The predicted octanol–water partition coefficient (Wildman–Crippen LogP) is 2.86. The summed E-state index contributed by atoms with van der Waals surface area (Å²) in [5, 5.41) is 0.799. The molecule has 0 saturated carbocycles. The van der Waals surface area contributed by atoms with Crippen LogP contribution in [0, 0.1) is 0 Å². The molecule has 0 N–H and O–H groups in total. The molecule has 2 nitrogen and oxygen atoms in total. The van der Waals surface area contributed by atoms with Crippen LogP contribution in [-0.4, -0.2) is 20.2 Å². The van der Waals surface area contributed by atoms with Crippen molar-refractivity contribution in [2.24, 2.45) is 0 Å². The zero-order valence-electron chi connectivity index (χ0n) is 6.02. The van der Waals surface area contributed by atoms with Crippen molar-refractivity contribution < 1.29 is 9.53 Å². The average molecular weight is 400 g/mol. The normalized spacial score (nSPS) is 15.6. The number of carbonyl (C=O) groups is 1. The minimum atomic E-state index is -0.189. The molecule has 0 saturated heterocycles. The summed E-state index contributed by atoms with van der Waals surface area (Å²) in [5.74, 6) is -0.189. The third-order valence-electron chi connectivity index (χ3n) is 0.897. The third-order valence-corrected chi connectivity index (χ3v) is 2.44. The summed E-state index contributed by atoms with van der Waals surface area (Å²) in [4.78, 5) is 10.9. The van der Waals surface area contributed by atoms with E-state index in [0.717, 1.165) is 11.8 Å². The minimum absolute atomic E-state index is 0.0597. The first kappa shape index (κ1) is 12.2. The van der Waals surface area contributed by atoms with Gasteiger partial charge in [-0.05, 0) is 35.9 Å². The highest BCUT2D eigenvalue weighted by molar-refractivity contribution is 14.1. The molecular formula is C6H9Br2IO2. The standard InChI is InChI=1S/C6H9Br2IO2/c1-4(9)11-6(10)5(8)2-3-7/h4-5H,2-3H2,1H3. The van der Waals surface area contributed by atoms with E-state index in [1.165, 1.54) is 0 Å². The number of hydrogen-bond acceptors (Lipinski definition) is 2. The summed E-state index contributed by atoms with van der Waals surface area (Å²) in [6.07, 6.45) is 0.752. The smallest absolute Gasteiger partial charge is 0.320 e. The van der Waals surface area contributed by atoms with Crippen molar-refractivity contribution in [3.05, 3.63) is 0 Å². The molecule has 0 bridgehead atoms. The van der Waals surface area contributed by atoms with Crippen LogP contribution < -0.4 is 0 Å². The maximum Gasteiger partial charge on any atom is 0.320 e. The molecule has 0 aromatic rings. The number of alkyl halides is 3. The molecule has 0 amide bonds. The van der Waals surface area contributed by atoms with Gasteiger partial charge < -0.3 is 4.74 Å². The number of ether oxygens (including phenoxy) is 1. The molecule has 0 rings (SSSR count). The summed E-state index contributed by atoms with van der Waals surface area (Å²) in [5.41, 5.74) is 0. The molecule has 0 aliphatic carbocycles. The molecule has 5 heteroatoms. The van der Waals surface area contributed by atoms with Gasteiger partial charge in [0.15, 0.2) is 0 Å². The number of carbonyl (C=O) groups excluding carboxylic acids is 1. The fourth-order valence-electron chi connectivity index (χ4n) is 0.448. The molecule has 0 aliphatic heterocycles. The Hall–Kier alpha value is 1.16. The van der Waals surface area contributed by atoms with E-state index in [9.17, 15) is 4.79 Å². The van der Waals surface area contributed by atoms with E-state index < -0.39 is 0 Å². The van der Waals surface area contributed by atoms with Crippen molar-refractivity contribution in [1.82, 2.24) is 0 Å². The van der Waals surface area contributed by atoms with Gasteiger partial charge in [0, 0.05) is 5.33 Å². The van der Waals surface area contributed by atoms with Crippen molar-refractivity contribution in [2.75, 3.05) is 5.33 Å². The molecule has 11 heavy (non-hydrogen) atoms. The molecule has 0 aromatic carbocycles. The molecule has 0 heterocycles. The fourth-order valence-corrected chi connectivity index (χ4v) is 2.11. The van der Waals surface area contributed by atoms with Gasteiger partial charge in [-0.15, -0.1) is 0 Å². The molecule has 0 radical (unpaired) electrons. The lowest BCUT2D eigenvalue weighted by atomic mass is 10.3. The van der Waals surface area contributed by atoms with Gasteiger partial charge >= 0.3 is 5.97 Å². The van der Waals surface area contributed by atoms with E-state index in [1.54, 1.807) is 0 Å². The van der Waals surface area contributed by atoms with Gasteiger partial charge in [0.05, 0.1) is 0 Å². The Balaban J connectivity index is 3.64. The third kappa shape index (κ3) is 6.33. The first-order valence-corrected chi connectivity index (χ1v) is 6.40. The maximum atomic E-state index is 11.0. The summed E-state index contributed by atoms with van der Waals surface area (Å²) in [6, 6.07) is 0. The van der Waals surface area contributed by atoms with Crippen LogP contribution in [0.1, 0.15) is 13.3 Å². The predicted molar refractivity (Wildman–Crippen MR) is 60.7 cm³/mol. The lowest BCUT2D eigenvalue weighted by Gasteiger charge is -2.09. The zero-order chi connectivity index (χ0) is 8.85.